The van der Waals surface area contributed by atoms with Crippen LogP contribution >= 0.6 is 11.8 Å². The van der Waals surface area contributed by atoms with Gasteiger partial charge >= 0.3 is 0 Å². The average molecular weight is 249 g/mol. The Morgan fingerprint density at radius 3 is 2.88 bits per heavy atom. The summed E-state index contributed by atoms with van der Waals surface area (Å²) in [5, 5.41) is 11.6. The van der Waals surface area contributed by atoms with Gasteiger partial charge in [0.1, 0.15) is 5.75 Å². The molecule has 0 aliphatic heterocycles. The minimum Gasteiger partial charge on any atom is -0.494 e. The molecule has 0 saturated carbocycles. The third-order valence-corrected chi connectivity index (χ3v) is 2.54. The Morgan fingerprint density at radius 1 is 1.47 bits per heavy atom. The molecule has 0 atom stereocenters. The fraction of sp³-hybridized carbons (Fsp3) is 0.333. The van der Waals surface area contributed by atoms with Gasteiger partial charge in [-0.3, -0.25) is 10.3 Å². The lowest BCUT2D eigenvalue weighted by atomic mass is 10.3. The van der Waals surface area contributed by atoms with E-state index >= 15 is 0 Å². The van der Waals surface area contributed by atoms with E-state index in [-0.39, 0.29) is 0 Å². The van der Waals surface area contributed by atoms with Crippen molar-refractivity contribution in [1.82, 2.24) is 5.32 Å². The highest BCUT2D eigenvalue weighted by molar-refractivity contribution is 8.13. The fourth-order valence-corrected chi connectivity index (χ4v) is 1.52. The normalized spacial score (nSPS) is 10.7. The van der Waals surface area contributed by atoms with Gasteiger partial charge < -0.3 is 4.74 Å². The number of nitrogens with zero attached hydrogens (tertiary/aromatic N) is 2. The van der Waals surface area contributed by atoms with Crippen molar-refractivity contribution in [3.8, 4) is 11.9 Å². The molecule has 5 heteroatoms. The molecule has 0 radical (unpaired) electrons. The van der Waals surface area contributed by atoms with E-state index in [0.29, 0.717) is 18.3 Å². The van der Waals surface area contributed by atoms with Crippen molar-refractivity contribution >= 4 is 16.9 Å². The van der Waals surface area contributed by atoms with Crippen LogP contribution in [0.1, 0.15) is 6.42 Å². The Morgan fingerprint density at radius 2 is 2.24 bits per heavy atom. The summed E-state index contributed by atoms with van der Waals surface area (Å²) in [6, 6.07) is 9.68. The van der Waals surface area contributed by atoms with Crippen molar-refractivity contribution < 1.29 is 4.74 Å². The molecule has 1 aromatic carbocycles. The van der Waals surface area contributed by atoms with Crippen molar-refractivity contribution in [2.24, 2.45) is 4.99 Å². The van der Waals surface area contributed by atoms with E-state index < -0.39 is 0 Å². The summed E-state index contributed by atoms with van der Waals surface area (Å²) >= 11 is 1.42. The van der Waals surface area contributed by atoms with Crippen LogP contribution in [-0.4, -0.2) is 24.6 Å². The predicted molar refractivity (Wildman–Crippen MR) is 71.1 cm³/mol. The van der Waals surface area contributed by atoms with Gasteiger partial charge in [-0.2, -0.15) is 5.26 Å². The standard InChI is InChI=1S/C12H15N3OS/c1-17-12(15-10-13)14-8-5-9-16-11-6-3-2-4-7-11/h2-4,6-7H,5,8-9H2,1H3,(H,14,15). The Hall–Kier alpha value is -1.67. The van der Waals surface area contributed by atoms with Crippen molar-refractivity contribution in [3.05, 3.63) is 30.3 Å². The van der Waals surface area contributed by atoms with Crippen molar-refractivity contribution in [2.75, 3.05) is 19.4 Å². The zero-order valence-corrected chi connectivity index (χ0v) is 10.5. The molecule has 0 spiro atoms. The summed E-state index contributed by atoms with van der Waals surface area (Å²) in [4.78, 5) is 4.23. The lowest BCUT2D eigenvalue weighted by molar-refractivity contribution is 0.313. The second kappa shape index (κ2) is 8.48. The maximum atomic E-state index is 8.44. The molecular formula is C12H15N3OS. The zero-order valence-electron chi connectivity index (χ0n) is 9.72. The molecule has 0 amide bonds. The highest BCUT2D eigenvalue weighted by Crippen LogP contribution is 2.08. The third-order valence-electron chi connectivity index (χ3n) is 1.93. The van der Waals surface area contributed by atoms with E-state index in [2.05, 4.69) is 10.3 Å². The van der Waals surface area contributed by atoms with Crippen LogP contribution in [0, 0.1) is 11.5 Å². The van der Waals surface area contributed by atoms with Gasteiger partial charge in [-0.05, 0) is 18.4 Å². The third kappa shape index (κ3) is 5.83. The topological polar surface area (TPSA) is 57.4 Å². The summed E-state index contributed by atoms with van der Waals surface area (Å²) in [5.41, 5.74) is 0. The molecule has 1 aromatic rings. The van der Waals surface area contributed by atoms with Gasteiger partial charge in [0, 0.05) is 13.0 Å². The van der Waals surface area contributed by atoms with Crippen molar-refractivity contribution in [3.63, 3.8) is 0 Å². The fourth-order valence-electron chi connectivity index (χ4n) is 1.15. The smallest absolute Gasteiger partial charge is 0.183 e. The maximum Gasteiger partial charge on any atom is 0.183 e. The van der Waals surface area contributed by atoms with Gasteiger partial charge in [0.15, 0.2) is 11.4 Å². The van der Waals surface area contributed by atoms with Gasteiger partial charge in [-0.25, -0.2) is 0 Å². The summed E-state index contributed by atoms with van der Waals surface area (Å²) in [6.45, 7) is 1.28. The molecule has 1 N–H and O–H groups in total. The molecule has 4 nitrogen and oxygen atoms in total. The van der Waals surface area contributed by atoms with E-state index in [1.807, 2.05) is 42.8 Å². The van der Waals surface area contributed by atoms with Crippen molar-refractivity contribution in [1.29, 1.82) is 5.26 Å². The number of benzene rings is 1. The zero-order chi connectivity index (χ0) is 12.3. The number of nitriles is 1. The van der Waals surface area contributed by atoms with Gasteiger partial charge in [-0.15, -0.1) is 0 Å². The molecule has 1 rings (SSSR count). The first-order valence-electron chi connectivity index (χ1n) is 5.28. The largest absolute Gasteiger partial charge is 0.494 e. The highest BCUT2D eigenvalue weighted by atomic mass is 32.2. The van der Waals surface area contributed by atoms with Gasteiger partial charge in [-0.1, -0.05) is 30.0 Å². The van der Waals surface area contributed by atoms with Crippen LogP contribution in [0.15, 0.2) is 35.3 Å². The van der Waals surface area contributed by atoms with E-state index in [9.17, 15) is 0 Å². The minimum atomic E-state index is 0.627. The molecule has 0 aliphatic carbocycles. The monoisotopic (exact) mass is 249 g/mol. The molecule has 17 heavy (non-hydrogen) atoms. The maximum absolute atomic E-state index is 8.44. The summed E-state index contributed by atoms with van der Waals surface area (Å²) < 4.78 is 5.52. The van der Waals surface area contributed by atoms with Crippen molar-refractivity contribution in [2.45, 2.75) is 6.42 Å². The lowest BCUT2D eigenvalue weighted by Crippen LogP contribution is -2.14. The first-order chi connectivity index (χ1) is 8.36. The molecule has 0 bridgehead atoms. The molecule has 0 heterocycles. The van der Waals surface area contributed by atoms with E-state index in [1.54, 1.807) is 0 Å². The van der Waals surface area contributed by atoms with Crippen LogP contribution in [0.5, 0.6) is 5.75 Å². The quantitative estimate of drug-likeness (QED) is 0.286. The van der Waals surface area contributed by atoms with Crippen LogP contribution in [0.3, 0.4) is 0 Å². The highest BCUT2D eigenvalue weighted by Gasteiger charge is 1.94. The number of hydrogen-bond acceptors (Lipinski definition) is 4. The molecule has 0 saturated heterocycles. The van der Waals surface area contributed by atoms with Crippen LogP contribution in [0.25, 0.3) is 0 Å². The molecule has 90 valence electrons. The average Bonchev–Trinajstić information content (AvgIpc) is 2.38. The Kier molecular flexibility index (Phi) is 6.68. The van der Waals surface area contributed by atoms with E-state index in [0.717, 1.165) is 12.2 Å². The van der Waals surface area contributed by atoms with E-state index in [1.165, 1.54) is 11.8 Å². The second-order valence-electron chi connectivity index (χ2n) is 3.14. The molecule has 0 aliphatic rings. The van der Waals surface area contributed by atoms with Crippen LogP contribution in [-0.2, 0) is 0 Å². The van der Waals surface area contributed by atoms with Gasteiger partial charge in [0.05, 0.1) is 6.61 Å². The number of rotatable bonds is 5. The van der Waals surface area contributed by atoms with Gasteiger partial charge in [0.2, 0.25) is 0 Å². The first-order valence-corrected chi connectivity index (χ1v) is 6.50. The molecule has 0 fully saturated rings. The first kappa shape index (κ1) is 13.4. The summed E-state index contributed by atoms with van der Waals surface area (Å²) in [7, 11) is 0. The number of para-hydroxylation sites is 1. The SMILES string of the molecule is CSC(=NCCCOc1ccccc1)NC#N. The number of aliphatic imine (C=N–C) groups is 1. The number of ether oxygens (including phenoxy) is 1. The van der Waals surface area contributed by atoms with Gasteiger partial charge in [0.25, 0.3) is 0 Å². The summed E-state index contributed by atoms with van der Waals surface area (Å²) in [6.07, 6.45) is 4.56. The predicted octanol–water partition coefficient (Wildman–Crippen LogP) is 2.25. The molecule has 0 aromatic heterocycles. The number of amidine groups is 1. The molecule has 0 unspecified atom stereocenters. The number of nitrogens with one attached hydrogen (secondary N) is 1. The Balaban J connectivity index is 2.18. The lowest BCUT2D eigenvalue weighted by Gasteiger charge is -2.04. The second-order valence-corrected chi connectivity index (χ2v) is 3.94. The summed E-state index contributed by atoms with van der Waals surface area (Å²) in [5.74, 6) is 0.872. The minimum absolute atomic E-state index is 0.627. The van der Waals surface area contributed by atoms with Crippen LogP contribution in [0.2, 0.25) is 0 Å². The number of hydrogen-bond donors (Lipinski definition) is 1. The Labute approximate surface area is 106 Å². The molecular weight excluding hydrogens is 234 g/mol. The van der Waals surface area contributed by atoms with E-state index in [4.69, 9.17) is 10.00 Å². The Bertz CT molecular complexity index is 386. The van der Waals surface area contributed by atoms with Crippen LogP contribution < -0.4 is 10.1 Å². The number of thioether (sulfide) groups is 1. The van der Waals surface area contributed by atoms with Crippen LogP contribution in [0.4, 0.5) is 0 Å².